The first kappa shape index (κ1) is 21.1. The van der Waals surface area contributed by atoms with E-state index >= 15 is 0 Å². The molecule has 2 aromatic carbocycles. The maximum absolute atomic E-state index is 12.3. The van der Waals surface area contributed by atoms with Crippen LogP contribution < -0.4 is 15.4 Å². The summed E-state index contributed by atoms with van der Waals surface area (Å²) < 4.78 is 5.59. The number of anilines is 1. The Balaban J connectivity index is 1.95. The highest BCUT2D eigenvalue weighted by atomic mass is 35.5. The van der Waals surface area contributed by atoms with Gasteiger partial charge in [-0.3, -0.25) is 9.59 Å². The van der Waals surface area contributed by atoms with Crippen LogP contribution in [-0.2, 0) is 4.79 Å². The summed E-state index contributed by atoms with van der Waals surface area (Å²) in [4.78, 5) is 24.4. The van der Waals surface area contributed by atoms with Crippen LogP contribution in [0.5, 0.6) is 5.75 Å². The van der Waals surface area contributed by atoms with Gasteiger partial charge in [-0.05, 0) is 62.7 Å². The lowest BCUT2D eigenvalue weighted by atomic mass is 10.1. The van der Waals surface area contributed by atoms with Crippen molar-refractivity contribution in [2.45, 2.75) is 39.3 Å². The maximum Gasteiger partial charge on any atom is 0.265 e. The van der Waals surface area contributed by atoms with E-state index in [-0.39, 0.29) is 17.9 Å². The molecule has 0 saturated carbocycles. The summed E-state index contributed by atoms with van der Waals surface area (Å²) in [6.45, 7) is 5.57. The van der Waals surface area contributed by atoms with Crippen molar-refractivity contribution in [3.63, 3.8) is 0 Å². The quantitative estimate of drug-likeness (QED) is 0.682. The highest BCUT2D eigenvalue weighted by Gasteiger charge is 2.17. The zero-order valence-corrected chi connectivity index (χ0v) is 16.9. The average Bonchev–Trinajstić information content (AvgIpc) is 2.64. The second-order valence-electron chi connectivity index (χ2n) is 6.18. The fraction of sp³-hybridized carbons (Fsp3) is 0.300. The largest absolute Gasteiger partial charge is 0.479 e. The molecule has 2 atom stereocenters. The van der Waals surface area contributed by atoms with Crippen LogP contribution in [0.2, 0.25) is 10.0 Å². The van der Waals surface area contributed by atoms with E-state index in [0.717, 1.165) is 6.42 Å². The third kappa shape index (κ3) is 6.15. The molecule has 0 aliphatic carbocycles. The summed E-state index contributed by atoms with van der Waals surface area (Å²) in [5.41, 5.74) is 1.10. The average molecular weight is 409 g/mol. The molecule has 27 heavy (non-hydrogen) atoms. The van der Waals surface area contributed by atoms with Crippen molar-refractivity contribution in [3.05, 3.63) is 58.1 Å². The third-order valence-corrected chi connectivity index (χ3v) is 4.50. The van der Waals surface area contributed by atoms with E-state index in [1.807, 2.05) is 13.8 Å². The van der Waals surface area contributed by atoms with Gasteiger partial charge in [-0.1, -0.05) is 30.1 Å². The summed E-state index contributed by atoms with van der Waals surface area (Å²) >= 11 is 11.9. The second kappa shape index (κ2) is 9.62. The zero-order chi connectivity index (χ0) is 20.0. The van der Waals surface area contributed by atoms with Gasteiger partial charge in [0.1, 0.15) is 5.75 Å². The summed E-state index contributed by atoms with van der Waals surface area (Å²) in [7, 11) is 0. The summed E-state index contributed by atoms with van der Waals surface area (Å²) in [5.74, 6) is -0.102. The molecule has 2 amide bonds. The Morgan fingerprint density at radius 3 is 2.33 bits per heavy atom. The van der Waals surface area contributed by atoms with Crippen LogP contribution in [0.4, 0.5) is 5.69 Å². The molecule has 0 heterocycles. The molecule has 5 nitrogen and oxygen atoms in total. The van der Waals surface area contributed by atoms with Crippen molar-refractivity contribution in [3.8, 4) is 5.75 Å². The van der Waals surface area contributed by atoms with Crippen LogP contribution in [0, 0.1) is 0 Å². The molecule has 0 bridgehead atoms. The molecule has 2 aromatic rings. The van der Waals surface area contributed by atoms with Crippen molar-refractivity contribution >= 4 is 40.7 Å². The number of halogens is 2. The van der Waals surface area contributed by atoms with Crippen LogP contribution >= 0.6 is 23.2 Å². The van der Waals surface area contributed by atoms with Gasteiger partial charge in [0.05, 0.1) is 5.02 Å². The number of nitrogens with one attached hydrogen (secondary N) is 2. The normalized spacial score (nSPS) is 12.8. The lowest BCUT2D eigenvalue weighted by Crippen LogP contribution is -2.32. The number of rotatable bonds is 7. The lowest BCUT2D eigenvalue weighted by molar-refractivity contribution is -0.122. The number of carbonyl (C=O) groups is 2. The van der Waals surface area contributed by atoms with Crippen LogP contribution in [0.15, 0.2) is 42.5 Å². The molecular formula is C20H22Cl2N2O3. The molecule has 7 heteroatoms. The fourth-order valence-electron chi connectivity index (χ4n) is 2.17. The molecule has 144 valence electrons. The predicted octanol–water partition coefficient (Wildman–Crippen LogP) is 4.93. The van der Waals surface area contributed by atoms with Gasteiger partial charge in [0.15, 0.2) is 6.10 Å². The van der Waals surface area contributed by atoms with Gasteiger partial charge in [0.2, 0.25) is 0 Å². The number of hydrogen-bond acceptors (Lipinski definition) is 3. The Morgan fingerprint density at radius 2 is 1.74 bits per heavy atom. The highest BCUT2D eigenvalue weighted by molar-refractivity contribution is 6.35. The molecular weight excluding hydrogens is 387 g/mol. The van der Waals surface area contributed by atoms with E-state index in [4.69, 9.17) is 27.9 Å². The molecule has 2 N–H and O–H groups in total. The Bertz CT molecular complexity index is 809. The first-order valence-corrected chi connectivity index (χ1v) is 9.39. The van der Waals surface area contributed by atoms with Crippen molar-refractivity contribution in [1.29, 1.82) is 0 Å². The highest BCUT2D eigenvalue weighted by Crippen LogP contribution is 2.28. The monoisotopic (exact) mass is 408 g/mol. The first-order valence-electron chi connectivity index (χ1n) is 8.63. The van der Waals surface area contributed by atoms with Gasteiger partial charge in [0, 0.05) is 22.3 Å². The lowest BCUT2D eigenvalue weighted by Gasteiger charge is -2.16. The Labute approximate surface area is 169 Å². The van der Waals surface area contributed by atoms with Crippen molar-refractivity contribution in [2.75, 3.05) is 5.32 Å². The van der Waals surface area contributed by atoms with E-state index in [1.54, 1.807) is 49.4 Å². The van der Waals surface area contributed by atoms with Crippen LogP contribution in [0.25, 0.3) is 0 Å². The number of hydrogen-bond donors (Lipinski definition) is 2. The third-order valence-electron chi connectivity index (χ3n) is 3.97. The second-order valence-corrected chi connectivity index (χ2v) is 7.03. The van der Waals surface area contributed by atoms with Crippen molar-refractivity contribution < 1.29 is 14.3 Å². The van der Waals surface area contributed by atoms with Gasteiger partial charge in [-0.15, -0.1) is 0 Å². The topological polar surface area (TPSA) is 67.4 Å². The maximum atomic E-state index is 12.3. The molecule has 0 saturated heterocycles. The predicted molar refractivity (Wildman–Crippen MR) is 109 cm³/mol. The van der Waals surface area contributed by atoms with Crippen molar-refractivity contribution in [1.82, 2.24) is 5.32 Å². The minimum atomic E-state index is -0.767. The van der Waals surface area contributed by atoms with E-state index in [1.165, 1.54) is 0 Å². The van der Waals surface area contributed by atoms with E-state index in [9.17, 15) is 9.59 Å². The van der Waals surface area contributed by atoms with Gasteiger partial charge in [-0.25, -0.2) is 0 Å². The molecule has 0 aliphatic rings. The van der Waals surface area contributed by atoms with Gasteiger partial charge in [0.25, 0.3) is 11.8 Å². The first-order chi connectivity index (χ1) is 12.8. The summed E-state index contributed by atoms with van der Waals surface area (Å²) in [6.07, 6.45) is 0.0899. The van der Waals surface area contributed by atoms with E-state index in [0.29, 0.717) is 27.0 Å². The Morgan fingerprint density at radius 1 is 1.07 bits per heavy atom. The number of amides is 2. The van der Waals surface area contributed by atoms with E-state index in [2.05, 4.69) is 10.6 Å². The summed E-state index contributed by atoms with van der Waals surface area (Å²) in [5, 5.41) is 6.46. The Hall–Kier alpha value is -2.24. The smallest absolute Gasteiger partial charge is 0.265 e. The SMILES string of the molecule is CCC(C)NC(=O)c1ccc(NC(=O)C(C)Oc2ccc(Cl)cc2Cl)cc1. The van der Waals surface area contributed by atoms with Gasteiger partial charge >= 0.3 is 0 Å². The molecule has 0 aromatic heterocycles. The molecule has 0 radical (unpaired) electrons. The van der Waals surface area contributed by atoms with Crippen LogP contribution in [-0.4, -0.2) is 24.0 Å². The standard InChI is InChI=1S/C20H22Cl2N2O3/c1-4-12(2)23-20(26)14-5-8-16(9-6-14)24-19(25)13(3)27-18-10-7-15(21)11-17(18)22/h5-13H,4H2,1-3H3,(H,23,26)(H,24,25). The minimum absolute atomic E-state index is 0.106. The van der Waals surface area contributed by atoms with Crippen LogP contribution in [0.1, 0.15) is 37.6 Å². The number of benzene rings is 2. The molecule has 2 rings (SSSR count). The van der Waals surface area contributed by atoms with Crippen molar-refractivity contribution in [2.24, 2.45) is 0 Å². The van der Waals surface area contributed by atoms with Crippen LogP contribution in [0.3, 0.4) is 0 Å². The zero-order valence-electron chi connectivity index (χ0n) is 15.4. The molecule has 0 spiro atoms. The number of carbonyl (C=O) groups excluding carboxylic acids is 2. The Kier molecular flexibility index (Phi) is 7.51. The molecule has 2 unspecified atom stereocenters. The molecule has 0 fully saturated rings. The molecule has 0 aliphatic heterocycles. The van der Waals surface area contributed by atoms with Gasteiger partial charge in [-0.2, -0.15) is 0 Å². The summed E-state index contributed by atoms with van der Waals surface area (Å²) in [6, 6.07) is 11.6. The fourth-order valence-corrected chi connectivity index (χ4v) is 2.63. The van der Waals surface area contributed by atoms with E-state index < -0.39 is 6.10 Å². The van der Waals surface area contributed by atoms with Gasteiger partial charge < -0.3 is 15.4 Å². The number of ether oxygens (including phenoxy) is 1. The minimum Gasteiger partial charge on any atom is -0.479 e.